The van der Waals surface area contributed by atoms with Crippen molar-refractivity contribution in [2.75, 3.05) is 13.1 Å². The second kappa shape index (κ2) is 5.25. The number of rotatable bonds is 2. The van der Waals surface area contributed by atoms with Crippen LogP contribution in [0.25, 0.3) is 10.8 Å². The highest BCUT2D eigenvalue weighted by molar-refractivity contribution is 7.89. The van der Waals surface area contributed by atoms with Gasteiger partial charge in [-0.25, -0.2) is 13.4 Å². The highest BCUT2D eigenvalue weighted by atomic mass is 32.2. The normalized spacial score (nSPS) is 18.1. The number of hydrogen-bond donors (Lipinski definition) is 2. The number of sulfonamides is 1. The van der Waals surface area contributed by atoms with E-state index < -0.39 is 10.0 Å². The number of pyridine rings is 1. The van der Waals surface area contributed by atoms with Crippen molar-refractivity contribution in [3.63, 3.8) is 0 Å². The summed E-state index contributed by atoms with van der Waals surface area (Å²) in [6, 6.07) is 6.51. The van der Waals surface area contributed by atoms with Crippen molar-refractivity contribution in [3.8, 4) is 5.88 Å². The van der Waals surface area contributed by atoms with E-state index in [1.54, 1.807) is 24.3 Å². The Morgan fingerprint density at radius 3 is 2.62 bits per heavy atom. The Bertz CT molecular complexity index is 768. The average Bonchev–Trinajstić information content (AvgIpc) is 2.47. The molecule has 7 heteroatoms. The Kier molecular flexibility index (Phi) is 3.56. The molecule has 1 fully saturated rings. The van der Waals surface area contributed by atoms with E-state index in [1.807, 2.05) is 0 Å². The standard InChI is InChI=1S/C14H17N3O3S/c15-10-5-8-17(9-6-10)21(19,20)13-3-1-2-12-11(13)4-7-16-14(12)18/h1-4,7,10H,5-6,8-9,15H2,(H,16,18). The van der Waals surface area contributed by atoms with Crippen LogP contribution >= 0.6 is 0 Å². The molecule has 1 aliphatic rings. The van der Waals surface area contributed by atoms with Crippen molar-refractivity contribution < 1.29 is 13.5 Å². The van der Waals surface area contributed by atoms with Crippen molar-refractivity contribution in [2.45, 2.75) is 23.8 Å². The van der Waals surface area contributed by atoms with Crippen LogP contribution in [0.3, 0.4) is 0 Å². The number of nitrogens with two attached hydrogens (primary N) is 1. The van der Waals surface area contributed by atoms with Crippen LogP contribution in [0.5, 0.6) is 5.88 Å². The monoisotopic (exact) mass is 307 g/mol. The number of aromatic nitrogens is 1. The van der Waals surface area contributed by atoms with E-state index in [0.29, 0.717) is 36.7 Å². The SMILES string of the molecule is NC1CCN(S(=O)(=O)c2cccc3c(O)nccc23)CC1. The van der Waals surface area contributed by atoms with Gasteiger partial charge >= 0.3 is 0 Å². The Balaban J connectivity index is 2.09. The predicted octanol–water partition coefficient (Wildman–Crippen LogP) is 1.05. The van der Waals surface area contributed by atoms with Gasteiger partial charge in [0.15, 0.2) is 0 Å². The third kappa shape index (κ3) is 2.48. The fourth-order valence-electron chi connectivity index (χ4n) is 2.64. The van der Waals surface area contributed by atoms with Gasteiger partial charge < -0.3 is 10.8 Å². The summed E-state index contributed by atoms with van der Waals surface area (Å²) in [7, 11) is -3.59. The second-order valence-electron chi connectivity index (χ2n) is 5.23. The maximum absolute atomic E-state index is 12.8. The summed E-state index contributed by atoms with van der Waals surface area (Å²) >= 11 is 0. The molecule has 0 spiro atoms. The lowest BCUT2D eigenvalue weighted by Crippen LogP contribution is -2.42. The van der Waals surface area contributed by atoms with E-state index >= 15 is 0 Å². The minimum Gasteiger partial charge on any atom is -0.493 e. The number of aromatic hydroxyl groups is 1. The number of benzene rings is 1. The molecule has 112 valence electrons. The van der Waals surface area contributed by atoms with Crippen LogP contribution in [0.15, 0.2) is 35.4 Å². The lowest BCUT2D eigenvalue weighted by atomic mass is 10.1. The van der Waals surface area contributed by atoms with Crippen molar-refractivity contribution in [1.29, 1.82) is 0 Å². The molecule has 3 N–H and O–H groups in total. The van der Waals surface area contributed by atoms with Crippen LogP contribution in [-0.4, -0.2) is 41.9 Å². The first-order chi connectivity index (χ1) is 10.00. The summed E-state index contributed by atoms with van der Waals surface area (Å²) in [5, 5.41) is 10.7. The molecule has 0 unspecified atom stereocenters. The quantitative estimate of drug-likeness (QED) is 0.864. The number of fused-ring (bicyclic) bond motifs is 1. The molecule has 1 aromatic heterocycles. The van der Waals surface area contributed by atoms with Crippen molar-refractivity contribution in [3.05, 3.63) is 30.5 Å². The molecule has 1 saturated heterocycles. The molecular weight excluding hydrogens is 290 g/mol. The molecule has 6 nitrogen and oxygen atoms in total. The molecule has 0 bridgehead atoms. The Morgan fingerprint density at radius 2 is 1.90 bits per heavy atom. The van der Waals surface area contributed by atoms with Gasteiger partial charge in [-0.05, 0) is 31.0 Å². The Labute approximate surface area is 123 Å². The van der Waals surface area contributed by atoms with E-state index in [9.17, 15) is 13.5 Å². The first-order valence-corrected chi connectivity index (χ1v) is 8.26. The summed E-state index contributed by atoms with van der Waals surface area (Å²) in [6.45, 7) is 0.855. The largest absolute Gasteiger partial charge is 0.493 e. The molecule has 0 aliphatic carbocycles. The first-order valence-electron chi connectivity index (χ1n) is 6.82. The van der Waals surface area contributed by atoms with E-state index in [1.165, 1.54) is 10.5 Å². The molecule has 2 heterocycles. The zero-order chi connectivity index (χ0) is 15.0. The maximum atomic E-state index is 12.8. The molecule has 0 amide bonds. The van der Waals surface area contributed by atoms with Crippen LogP contribution in [0, 0.1) is 0 Å². The van der Waals surface area contributed by atoms with Gasteiger partial charge in [0.2, 0.25) is 15.9 Å². The van der Waals surface area contributed by atoms with E-state index in [0.717, 1.165) is 0 Å². The smallest absolute Gasteiger partial charge is 0.243 e. The average molecular weight is 307 g/mol. The molecule has 0 atom stereocenters. The van der Waals surface area contributed by atoms with Gasteiger partial charge in [0.25, 0.3) is 0 Å². The van der Waals surface area contributed by atoms with Crippen LogP contribution in [0.2, 0.25) is 0 Å². The zero-order valence-corrected chi connectivity index (χ0v) is 12.3. The highest BCUT2D eigenvalue weighted by Crippen LogP contribution is 2.30. The summed E-state index contributed by atoms with van der Waals surface area (Å²) in [4.78, 5) is 3.99. The van der Waals surface area contributed by atoms with Gasteiger partial charge in [-0.15, -0.1) is 0 Å². The van der Waals surface area contributed by atoms with Gasteiger partial charge in [-0.1, -0.05) is 6.07 Å². The third-order valence-electron chi connectivity index (χ3n) is 3.86. The lowest BCUT2D eigenvalue weighted by Gasteiger charge is -2.29. The summed E-state index contributed by atoms with van der Waals surface area (Å²) in [6.07, 6.45) is 2.73. The molecule has 1 aromatic carbocycles. The molecular formula is C14H17N3O3S. The minimum absolute atomic E-state index is 0.0669. The van der Waals surface area contributed by atoms with Crippen LogP contribution in [0.4, 0.5) is 0 Å². The van der Waals surface area contributed by atoms with Gasteiger partial charge in [0.05, 0.1) is 4.90 Å². The van der Waals surface area contributed by atoms with Crippen molar-refractivity contribution in [1.82, 2.24) is 9.29 Å². The van der Waals surface area contributed by atoms with Crippen LogP contribution in [0.1, 0.15) is 12.8 Å². The summed E-state index contributed by atoms with van der Waals surface area (Å²) in [5.41, 5.74) is 5.83. The molecule has 21 heavy (non-hydrogen) atoms. The van der Waals surface area contributed by atoms with Gasteiger partial charge in [0.1, 0.15) is 0 Å². The van der Waals surface area contributed by atoms with E-state index in [2.05, 4.69) is 4.98 Å². The lowest BCUT2D eigenvalue weighted by molar-refractivity contribution is 0.320. The Morgan fingerprint density at radius 1 is 1.19 bits per heavy atom. The van der Waals surface area contributed by atoms with Crippen LogP contribution in [-0.2, 0) is 10.0 Å². The number of nitrogens with zero attached hydrogens (tertiary/aromatic N) is 2. The predicted molar refractivity (Wildman–Crippen MR) is 79.4 cm³/mol. The Hall–Kier alpha value is -1.70. The van der Waals surface area contributed by atoms with Gasteiger partial charge in [0, 0.05) is 36.1 Å². The number of piperidine rings is 1. The first kappa shape index (κ1) is 14.2. The topological polar surface area (TPSA) is 96.5 Å². The highest BCUT2D eigenvalue weighted by Gasteiger charge is 2.29. The van der Waals surface area contributed by atoms with Gasteiger partial charge in [-0.2, -0.15) is 4.31 Å². The summed E-state index contributed by atoms with van der Waals surface area (Å²) < 4.78 is 27.1. The van der Waals surface area contributed by atoms with E-state index in [4.69, 9.17) is 5.73 Å². The minimum atomic E-state index is -3.59. The van der Waals surface area contributed by atoms with Crippen LogP contribution < -0.4 is 5.73 Å². The zero-order valence-electron chi connectivity index (χ0n) is 11.4. The summed E-state index contributed by atoms with van der Waals surface area (Å²) in [5.74, 6) is -0.162. The molecule has 1 aliphatic heterocycles. The number of hydrogen-bond acceptors (Lipinski definition) is 5. The fraction of sp³-hybridized carbons (Fsp3) is 0.357. The third-order valence-corrected chi connectivity index (χ3v) is 5.82. The fourth-order valence-corrected chi connectivity index (χ4v) is 4.32. The van der Waals surface area contributed by atoms with Crippen molar-refractivity contribution in [2.24, 2.45) is 5.73 Å². The van der Waals surface area contributed by atoms with Gasteiger partial charge in [-0.3, -0.25) is 0 Å². The molecule has 3 rings (SSSR count). The molecule has 0 saturated carbocycles. The second-order valence-corrected chi connectivity index (χ2v) is 7.13. The molecule has 0 radical (unpaired) electrons. The molecule has 2 aromatic rings. The maximum Gasteiger partial charge on any atom is 0.243 e. The van der Waals surface area contributed by atoms with E-state index in [-0.39, 0.29) is 16.8 Å². The van der Waals surface area contributed by atoms with Crippen molar-refractivity contribution >= 4 is 20.8 Å².